The fourth-order valence-electron chi connectivity index (χ4n) is 4.04. The van der Waals surface area contributed by atoms with Crippen LogP contribution in [-0.2, 0) is 14.3 Å². The highest BCUT2D eigenvalue weighted by Gasteiger charge is 2.42. The number of nitrogens with one attached hydrogen (secondary N) is 3. The Morgan fingerprint density at radius 1 is 1.29 bits per heavy atom. The Morgan fingerprint density at radius 2 is 2.13 bits per heavy atom. The molecule has 3 amide bonds. The van der Waals surface area contributed by atoms with Crippen molar-refractivity contribution in [3.8, 4) is 5.75 Å². The highest BCUT2D eigenvalue weighted by molar-refractivity contribution is 8.00. The molecule has 31 heavy (non-hydrogen) atoms. The topological polar surface area (TPSA) is 106 Å². The molecular weight excluding hydrogens is 418 g/mol. The summed E-state index contributed by atoms with van der Waals surface area (Å²) in [6, 6.07) is 7.21. The number of rotatable bonds is 11. The molecule has 0 unspecified atom stereocenters. The van der Waals surface area contributed by atoms with E-state index < -0.39 is 6.04 Å². The van der Waals surface area contributed by atoms with Crippen LogP contribution in [0, 0.1) is 0 Å². The molecule has 0 aliphatic carbocycles. The summed E-state index contributed by atoms with van der Waals surface area (Å²) >= 11 is 1.88. The van der Waals surface area contributed by atoms with Crippen molar-refractivity contribution in [2.45, 2.75) is 62.4 Å². The highest BCUT2D eigenvalue weighted by Crippen LogP contribution is 2.33. The highest BCUT2D eigenvalue weighted by atomic mass is 32.2. The third kappa shape index (κ3) is 6.53. The first-order valence-corrected chi connectivity index (χ1v) is 11.8. The Labute approximate surface area is 187 Å². The fraction of sp³-hybridized carbons (Fsp3) is 0.591. The number of hydrogen-bond acceptors (Lipinski definition) is 6. The minimum atomic E-state index is -0.465. The van der Waals surface area contributed by atoms with Crippen molar-refractivity contribution < 1.29 is 23.9 Å². The largest absolute Gasteiger partial charge is 0.497 e. The summed E-state index contributed by atoms with van der Waals surface area (Å²) in [7, 11) is 1.58. The lowest BCUT2D eigenvalue weighted by Gasteiger charge is -2.19. The van der Waals surface area contributed by atoms with Gasteiger partial charge in [-0.05, 0) is 37.5 Å². The molecule has 2 aliphatic heterocycles. The number of hydrogen-bond donors (Lipinski definition) is 3. The van der Waals surface area contributed by atoms with Gasteiger partial charge in [-0.15, -0.1) is 0 Å². The average molecular weight is 450 g/mol. The Balaban J connectivity index is 1.47. The molecule has 170 valence electrons. The van der Waals surface area contributed by atoms with E-state index in [2.05, 4.69) is 16.0 Å². The number of benzene rings is 1. The monoisotopic (exact) mass is 449 g/mol. The quantitative estimate of drug-likeness (QED) is 0.272. The van der Waals surface area contributed by atoms with E-state index >= 15 is 0 Å². The predicted molar refractivity (Wildman–Crippen MR) is 119 cm³/mol. The van der Waals surface area contributed by atoms with Gasteiger partial charge in [0.2, 0.25) is 5.91 Å². The number of fused-ring (bicyclic) bond motifs is 1. The maximum Gasteiger partial charge on any atom is 0.315 e. The SMILES string of the molecule is CCOC(=O)C[C@H](NC(=O)CCCC[C@@H]1SC[C@@H]2NC(=O)N[C@@H]21)c1cccc(OC)c1. The molecule has 0 spiro atoms. The predicted octanol–water partition coefficient (Wildman–Crippen LogP) is 2.53. The number of methoxy groups -OCH3 is 1. The molecule has 0 saturated carbocycles. The molecule has 8 nitrogen and oxygen atoms in total. The van der Waals surface area contributed by atoms with Crippen LogP contribution >= 0.6 is 11.8 Å². The standard InChI is InChI=1S/C22H31N3O5S/c1-3-30-20(27)12-16(14-7-6-8-15(11-14)29-2)23-19(26)10-5-4-9-18-21-17(13-31-18)24-22(28)25-21/h6-8,11,16-18,21H,3-5,9-10,12-13H2,1-2H3,(H,23,26)(H2,24,25,28)/t16-,17-,18-,21-/m0/s1. The Hall–Kier alpha value is -2.42. The van der Waals surface area contributed by atoms with E-state index in [1.807, 2.05) is 36.0 Å². The van der Waals surface area contributed by atoms with E-state index in [1.54, 1.807) is 14.0 Å². The van der Waals surface area contributed by atoms with Crippen LogP contribution in [0.5, 0.6) is 5.75 Å². The van der Waals surface area contributed by atoms with Crippen molar-refractivity contribution in [1.82, 2.24) is 16.0 Å². The van der Waals surface area contributed by atoms with Crippen LogP contribution in [-0.4, -0.2) is 54.7 Å². The zero-order valence-electron chi connectivity index (χ0n) is 18.0. The molecule has 2 heterocycles. The average Bonchev–Trinajstić information content (AvgIpc) is 3.30. The first-order chi connectivity index (χ1) is 15.0. The summed E-state index contributed by atoms with van der Waals surface area (Å²) in [5, 5.41) is 9.30. The molecule has 0 aromatic heterocycles. The number of esters is 1. The summed E-state index contributed by atoms with van der Waals surface area (Å²) in [4.78, 5) is 36.1. The molecule has 2 fully saturated rings. The number of ether oxygens (including phenoxy) is 2. The van der Waals surface area contributed by atoms with Crippen molar-refractivity contribution in [3.05, 3.63) is 29.8 Å². The molecule has 0 radical (unpaired) electrons. The van der Waals surface area contributed by atoms with Crippen molar-refractivity contribution in [2.75, 3.05) is 19.5 Å². The summed E-state index contributed by atoms with van der Waals surface area (Å²) in [6.07, 6.45) is 3.08. The van der Waals surface area contributed by atoms with E-state index in [4.69, 9.17) is 9.47 Å². The molecule has 1 aromatic carbocycles. The lowest BCUT2D eigenvalue weighted by Crippen LogP contribution is -2.36. The number of amides is 3. The molecule has 3 N–H and O–H groups in total. The molecule has 9 heteroatoms. The van der Waals surface area contributed by atoms with E-state index in [-0.39, 0.29) is 36.4 Å². The van der Waals surface area contributed by atoms with Gasteiger partial charge in [-0.3, -0.25) is 9.59 Å². The van der Waals surface area contributed by atoms with Gasteiger partial charge in [0.15, 0.2) is 0 Å². The number of unbranched alkanes of at least 4 members (excludes halogenated alkanes) is 1. The van der Waals surface area contributed by atoms with Gasteiger partial charge in [0, 0.05) is 17.4 Å². The van der Waals surface area contributed by atoms with Gasteiger partial charge in [0.1, 0.15) is 5.75 Å². The van der Waals surface area contributed by atoms with Crippen LogP contribution in [0.2, 0.25) is 0 Å². The maximum atomic E-state index is 12.6. The van der Waals surface area contributed by atoms with Gasteiger partial charge in [0.25, 0.3) is 0 Å². The van der Waals surface area contributed by atoms with Gasteiger partial charge in [-0.25, -0.2) is 4.79 Å². The first kappa shape index (κ1) is 23.2. The van der Waals surface area contributed by atoms with E-state index in [0.29, 0.717) is 24.0 Å². The Bertz CT molecular complexity index is 790. The van der Waals surface area contributed by atoms with Crippen LogP contribution in [0.1, 0.15) is 50.6 Å². The van der Waals surface area contributed by atoms with Crippen LogP contribution < -0.4 is 20.7 Å². The molecule has 2 saturated heterocycles. The maximum absolute atomic E-state index is 12.6. The number of thioether (sulfide) groups is 1. The second-order valence-corrected chi connectivity index (χ2v) is 9.05. The van der Waals surface area contributed by atoms with Crippen molar-refractivity contribution >= 4 is 29.7 Å². The van der Waals surface area contributed by atoms with E-state index in [9.17, 15) is 14.4 Å². The third-order valence-corrected chi connectivity index (χ3v) is 7.10. The normalized spacial score (nSPS) is 22.8. The number of carbonyl (C=O) groups excluding carboxylic acids is 3. The van der Waals surface area contributed by atoms with Gasteiger partial charge in [-0.1, -0.05) is 18.6 Å². The van der Waals surface area contributed by atoms with E-state index in [0.717, 1.165) is 30.6 Å². The van der Waals surface area contributed by atoms with Crippen LogP contribution in [0.15, 0.2) is 24.3 Å². The zero-order valence-corrected chi connectivity index (χ0v) is 18.8. The van der Waals surface area contributed by atoms with Crippen LogP contribution in [0.4, 0.5) is 4.79 Å². The van der Waals surface area contributed by atoms with Crippen molar-refractivity contribution in [1.29, 1.82) is 0 Å². The van der Waals surface area contributed by atoms with Crippen LogP contribution in [0.25, 0.3) is 0 Å². The minimum absolute atomic E-state index is 0.0707. The zero-order chi connectivity index (χ0) is 22.2. The van der Waals surface area contributed by atoms with Gasteiger partial charge < -0.3 is 25.4 Å². The molecule has 1 aromatic rings. The summed E-state index contributed by atoms with van der Waals surface area (Å²) in [6.45, 7) is 2.06. The minimum Gasteiger partial charge on any atom is -0.497 e. The fourth-order valence-corrected chi connectivity index (χ4v) is 5.58. The lowest BCUT2D eigenvalue weighted by molar-refractivity contribution is -0.143. The van der Waals surface area contributed by atoms with Crippen molar-refractivity contribution in [2.24, 2.45) is 0 Å². The Morgan fingerprint density at radius 3 is 2.90 bits per heavy atom. The molecule has 2 aliphatic rings. The smallest absolute Gasteiger partial charge is 0.315 e. The molecule has 3 rings (SSSR count). The van der Waals surface area contributed by atoms with Gasteiger partial charge in [0.05, 0.1) is 38.3 Å². The number of carbonyl (C=O) groups is 3. The van der Waals surface area contributed by atoms with Gasteiger partial charge in [-0.2, -0.15) is 11.8 Å². The van der Waals surface area contributed by atoms with E-state index in [1.165, 1.54) is 0 Å². The molecule has 4 atom stereocenters. The molecule has 0 bridgehead atoms. The first-order valence-electron chi connectivity index (χ1n) is 10.8. The second-order valence-electron chi connectivity index (χ2n) is 7.77. The number of urea groups is 1. The van der Waals surface area contributed by atoms with Crippen molar-refractivity contribution in [3.63, 3.8) is 0 Å². The molecular formula is C22H31N3O5S. The van der Waals surface area contributed by atoms with Gasteiger partial charge >= 0.3 is 12.0 Å². The Kier molecular flexibility index (Phi) is 8.45. The summed E-state index contributed by atoms with van der Waals surface area (Å²) in [5.74, 6) is 1.16. The van der Waals surface area contributed by atoms with Crippen LogP contribution in [0.3, 0.4) is 0 Å². The lowest BCUT2D eigenvalue weighted by atomic mass is 10.0. The summed E-state index contributed by atoms with van der Waals surface area (Å²) < 4.78 is 10.3. The summed E-state index contributed by atoms with van der Waals surface area (Å²) in [5.41, 5.74) is 0.804. The third-order valence-electron chi connectivity index (χ3n) is 5.59. The second kappa shape index (κ2) is 11.3.